The minimum atomic E-state index is -2.48. The zero-order chi connectivity index (χ0) is 27.9. The number of methoxy groups -OCH3 is 2. The Hall–Kier alpha value is -3.13. The number of amides is 2. The molecule has 1 saturated heterocycles. The van der Waals surface area contributed by atoms with Gasteiger partial charge in [-0.25, -0.2) is 9.59 Å². The van der Waals surface area contributed by atoms with E-state index in [1.807, 2.05) is 0 Å². The summed E-state index contributed by atoms with van der Waals surface area (Å²) in [5.41, 5.74) is 1.52. The number of benzene rings is 1. The van der Waals surface area contributed by atoms with E-state index in [9.17, 15) is 29.4 Å². The van der Waals surface area contributed by atoms with E-state index in [0.29, 0.717) is 5.57 Å². The molecule has 1 aromatic rings. The molecule has 1 aromatic carbocycles. The first kappa shape index (κ1) is 28.4. The number of hydrogen-bond acceptors (Lipinski definition) is 10. The Morgan fingerprint density at radius 1 is 1.27 bits per heavy atom. The molecule has 2 aliphatic rings. The number of thioether (sulfide) groups is 1. The number of rotatable bonds is 8. The summed E-state index contributed by atoms with van der Waals surface area (Å²) < 4.78 is 16.0. The smallest absolute Gasteiger partial charge is 0.352 e. The van der Waals surface area contributed by atoms with Crippen LogP contribution in [0, 0.1) is 0 Å². The highest BCUT2D eigenvalue weighted by molar-refractivity contribution is 8.00. The number of carboxylic acids is 1. The van der Waals surface area contributed by atoms with E-state index in [4.69, 9.17) is 19.9 Å². The van der Waals surface area contributed by atoms with E-state index in [1.165, 1.54) is 44.2 Å². The van der Waals surface area contributed by atoms with Crippen LogP contribution in [0.15, 0.2) is 29.5 Å². The van der Waals surface area contributed by atoms with Crippen molar-refractivity contribution in [1.82, 2.24) is 10.2 Å². The molecule has 0 aliphatic carbocycles. The summed E-state index contributed by atoms with van der Waals surface area (Å²) in [5.74, 6) is -4.21. The molecule has 2 aliphatic heterocycles. The van der Waals surface area contributed by atoms with Gasteiger partial charge in [0.25, 0.3) is 17.5 Å². The van der Waals surface area contributed by atoms with Crippen molar-refractivity contribution in [3.63, 3.8) is 0 Å². The second-order valence-electron chi connectivity index (χ2n) is 9.75. The maximum absolute atomic E-state index is 13.8. The average molecular weight is 538 g/mol. The Kier molecular flexibility index (Phi) is 7.66. The maximum Gasteiger partial charge on any atom is 0.352 e. The number of fused-ring (bicyclic) bond motifs is 1. The average Bonchev–Trinajstić information content (AvgIpc) is 2.81. The zero-order valence-electron chi connectivity index (χ0n) is 21.4. The van der Waals surface area contributed by atoms with Crippen molar-refractivity contribution in [3.8, 4) is 5.75 Å². The fourth-order valence-electron chi connectivity index (χ4n) is 4.10. The van der Waals surface area contributed by atoms with Crippen LogP contribution in [0.2, 0.25) is 0 Å². The Labute approximate surface area is 218 Å². The number of β-lactam (4-membered cyclic amide) rings is 1. The molecule has 5 N–H and O–H groups in total. The van der Waals surface area contributed by atoms with Gasteiger partial charge in [0.2, 0.25) is 5.54 Å². The molecule has 0 saturated carbocycles. The van der Waals surface area contributed by atoms with Crippen LogP contribution in [0.1, 0.15) is 38.8 Å². The first-order valence-electron chi connectivity index (χ1n) is 11.2. The molecule has 13 heteroatoms. The third-order valence-corrected chi connectivity index (χ3v) is 7.42. The number of hydrogen-bond donors (Lipinski definition) is 4. The van der Waals surface area contributed by atoms with E-state index >= 15 is 0 Å². The van der Waals surface area contributed by atoms with Gasteiger partial charge in [-0.05, 0) is 51.0 Å². The monoisotopic (exact) mass is 537 g/mol. The largest absolute Gasteiger partial charge is 0.508 e. The number of nitrogens with zero attached hydrogens (tertiary/aromatic N) is 1. The van der Waals surface area contributed by atoms with Crippen LogP contribution >= 0.6 is 11.8 Å². The first-order chi connectivity index (χ1) is 17.1. The van der Waals surface area contributed by atoms with E-state index in [2.05, 4.69) is 5.32 Å². The lowest BCUT2D eigenvalue weighted by molar-refractivity contribution is -0.194. The van der Waals surface area contributed by atoms with Gasteiger partial charge in [-0.1, -0.05) is 6.07 Å². The van der Waals surface area contributed by atoms with Crippen LogP contribution in [0.25, 0.3) is 0 Å². The highest BCUT2D eigenvalue weighted by Crippen LogP contribution is 2.47. The molecule has 37 heavy (non-hydrogen) atoms. The molecule has 0 bridgehead atoms. The number of phenols is 1. The standard InChI is InChI=1S/C24H31N3O9S/c1-12-11-37-20-24(35-6,19(32)27(20)16(12)17(29)30)26-18(31)23(25,21(33)36-22(2,3)4)14-7-8-15(28)13(9-14)10-34-5/h7-9,20,28H,10-11,25H2,1-6H3,(H,26,31)(H,29,30). The third-order valence-electron chi connectivity index (χ3n) is 5.96. The summed E-state index contributed by atoms with van der Waals surface area (Å²) in [4.78, 5) is 53.3. The minimum absolute atomic E-state index is 0.0303. The van der Waals surface area contributed by atoms with Crippen molar-refractivity contribution in [1.29, 1.82) is 0 Å². The van der Waals surface area contributed by atoms with Gasteiger partial charge in [-0.3, -0.25) is 14.5 Å². The molecule has 2 amide bonds. The van der Waals surface area contributed by atoms with Gasteiger partial charge < -0.3 is 35.5 Å². The fraction of sp³-hybridized carbons (Fsp3) is 0.500. The van der Waals surface area contributed by atoms with Gasteiger partial charge in [-0.2, -0.15) is 0 Å². The molecule has 3 rings (SSSR count). The molecule has 202 valence electrons. The first-order valence-corrected chi connectivity index (χ1v) is 12.3. The molecule has 0 aromatic heterocycles. The number of aromatic hydroxyl groups is 1. The molecule has 0 spiro atoms. The zero-order valence-corrected chi connectivity index (χ0v) is 22.2. The Bertz CT molecular complexity index is 1180. The topological polar surface area (TPSA) is 178 Å². The number of aliphatic carboxylic acids is 1. The SMILES string of the molecule is COCc1cc(C(N)(C(=O)NC2(OC)C(=O)N3C(C(=O)O)=C(C)CSC32)C(=O)OC(C)(C)C)ccc1O. The van der Waals surface area contributed by atoms with Crippen LogP contribution in [0.4, 0.5) is 0 Å². The maximum atomic E-state index is 13.8. The van der Waals surface area contributed by atoms with Crippen LogP contribution in [-0.2, 0) is 45.5 Å². The van der Waals surface area contributed by atoms with Crippen LogP contribution in [0.5, 0.6) is 5.75 Å². The molecule has 3 atom stereocenters. The van der Waals surface area contributed by atoms with Crippen molar-refractivity contribution >= 4 is 35.5 Å². The minimum Gasteiger partial charge on any atom is -0.508 e. The van der Waals surface area contributed by atoms with Crippen molar-refractivity contribution in [2.45, 2.75) is 56.5 Å². The number of ether oxygens (including phenoxy) is 3. The van der Waals surface area contributed by atoms with Gasteiger partial charge in [-0.15, -0.1) is 11.8 Å². The number of nitrogens with two attached hydrogens (primary N) is 1. The lowest BCUT2D eigenvalue weighted by atomic mass is 9.87. The van der Waals surface area contributed by atoms with Gasteiger partial charge in [0, 0.05) is 25.5 Å². The Morgan fingerprint density at radius 2 is 1.92 bits per heavy atom. The lowest BCUT2D eigenvalue weighted by Gasteiger charge is -2.56. The van der Waals surface area contributed by atoms with Crippen LogP contribution in [-0.4, -0.2) is 75.5 Å². The van der Waals surface area contributed by atoms with Gasteiger partial charge in [0.1, 0.15) is 22.4 Å². The summed E-state index contributed by atoms with van der Waals surface area (Å²) in [6.07, 6.45) is 0. The number of carbonyl (C=O) groups is 4. The molecule has 2 heterocycles. The van der Waals surface area contributed by atoms with Crippen molar-refractivity contribution in [2.24, 2.45) is 5.73 Å². The predicted octanol–water partition coefficient (Wildman–Crippen LogP) is 0.767. The number of carbonyl (C=O) groups excluding carboxylic acids is 3. The summed E-state index contributed by atoms with van der Waals surface area (Å²) in [5, 5.41) is 21.3. The summed E-state index contributed by atoms with van der Waals surface area (Å²) in [7, 11) is 2.59. The van der Waals surface area contributed by atoms with E-state index in [0.717, 1.165) is 4.90 Å². The summed E-state index contributed by atoms with van der Waals surface area (Å²) >= 11 is 1.19. The van der Waals surface area contributed by atoms with Gasteiger partial charge in [0.05, 0.1) is 6.61 Å². The molecule has 12 nitrogen and oxygen atoms in total. The molecular formula is C24H31N3O9S. The third kappa shape index (κ3) is 4.79. The van der Waals surface area contributed by atoms with Crippen LogP contribution < -0.4 is 11.1 Å². The fourth-order valence-corrected chi connectivity index (χ4v) is 5.49. The Morgan fingerprint density at radius 3 is 2.46 bits per heavy atom. The highest BCUT2D eigenvalue weighted by atomic mass is 32.2. The van der Waals surface area contributed by atoms with Crippen LogP contribution in [0.3, 0.4) is 0 Å². The van der Waals surface area contributed by atoms with E-state index in [1.54, 1.807) is 27.7 Å². The molecule has 3 unspecified atom stereocenters. The molecular weight excluding hydrogens is 506 g/mol. The lowest BCUT2D eigenvalue weighted by Crippen LogP contribution is -2.82. The number of esters is 1. The van der Waals surface area contributed by atoms with Crippen molar-refractivity contribution in [3.05, 3.63) is 40.6 Å². The van der Waals surface area contributed by atoms with E-state index in [-0.39, 0.29) is 34.9 Å². The summed E-state index contributed by atoms with van der Waals surface area (Å²) in [6, 6.07) is 3.88. The molecule has 1 fully saturated rings. The summed E-state index contributed by atoms with van der Waals surface area (Å²) in [6.45, 7) is 6.36. The van der Waals surface area contributed by atoms with Crippen molar-refractivity contribution in [2.75, 3.05) is 20.0 Å². The van der Waals surface area contributed by atoms with E-state index < -0.39 is 46.0 Å². The molecule has 0 radical (unpaired) electrons. The Balaban J connectivity index is 2.06. The number of phenolic OH excluding ortho intramolecular Hbond substituents is 1. The second-order valence-corrected chi connectivity index (χ2v) is 10.8. The second kappa shape index (κ2) is 9.97. The normalized spacial score (nSPS) is 23.1. The number of nitrogens with one attached hydrogen (secondary N) is 1. The van der Waals surface area contributed by atoms with Gasteiger partial charge in [0.15, 0.2) is 0 Å². The quantitative estimate of drug-likeness (QED) is 0.159. The predicted molar refractivity (Wildman–Crippen MR) is 132 cm³/mol. The number of carboxylic acid groups (broad SMARTS) is 1. The van der Waals surface area contributed by atoms with Crippen molar-refractivity contribution < 1.29 is 43.6 Å². The van der Waals surface area contributed by atoms with Gasteiger partial charge >= 0.3 is 11.9 Å². The highest BCUT2D eigenvalue weighted by Gasteiger charge is 2.67.